The van der Waals surface area contributed by atoms with E-state index in [1.54, 1.807) is 0 Å². The number of anilines is 1. The zero-order chi connectivity index (χ0) is 22.0. The van der Waals surface area contributed by atoms with Crippen LogP contribution in [0.2, 0.25) is 0 Å². The molecule has 0 bridgehead atoms. The molecular weight excluding hydrogens is 404 g/mol. The Morgan fingerprint density at radius 3 is 2.71 bits per heavy atom. The number of azide groups is 1. The fourth-order valence-corrected chi connectivity index (χ4v) is 3.64. The van der Waals surface area contributed by atoms with E-state index in [0.29, 0.717) is 11.3 Å². The summed E-state index contributed by atoms with van der Waals surface area (Å²) in [6, 6.07) is 9.90. The number of rotatable bonds is 7. The van der Waals surface area contributed by atoms with Crippen molar-refractivity contribution in [2.45, 2.75) is 43.9 Å². The predicted molar refractivity (Wildman–Crippen MR) is 110 cm³/mol. The van der Waals surface area contributed by atoms with Crippen molar-refractivity contribution < 1.29 is 20.1 Å². The van der Waals surface area contributed by atoms with Gasteiger partial charge in [-0.2, -0.15) is 0 Å². The van der Waals surface area contributed by atoms with Gasteiger partial charge >= 0.3 is 0 Å². The number of ether oxygens (including phenoxy) is 1. The van der Waals surface area contributed by atoms with Gasteiger partial charge in [0.25, 0.3) is 0 Å². The van der Waals surface area contributed by atoms with E-state index in [9.17, 15) is 15.3 Å². The number of hydrogen-bond donors (Lipinski definition) is 4. The normalized spacial score (nSPS) is 24.1. The SMILES string of the molecule is CC(Cc1ccccc1)Nc1nc(N=[N+]=[N-])nc2c1ncn2[C@@H]1O[C@H](CO)[C@@H](O)[C@H]1O. The largest absolute Gasteiger partial charge is 0.394 e. The fraction of sp³-hybridized carbons (Fsp3) is 0.421. The minimum Gasteiger partial charge on any atom is -0.394 e. The van der Waals surface area contributed by atoms with Crippen LogP contribution in [0.1, 0.15) is 18.7 Å². The summed E-state index contributed by atoms with van der Waals surface area (Å²) in [5.74, 6) is 0.235. The van der Waals surface area contributed by atoms with Crippen LogP contribution in [0.25, 0.3) is 21.6 Å². The predicted octanol–water partition coefficient (Wildman–Crippen LogP) is 1.42. The molecule has 1 aliphatic rings. The Kier molecular flexibility index (Phi) is 5.98. The smallest absolute Gasteiger partial charge is 0.220 e. The average molecular weight is 426 g/mol. The van der Waals surface area contributed by atoms with E-state index in [2.05, 4.69) is 30.3 Å². The third kappa shape index (κ3) is 4.15. The van der Waals surface area contributed by atoms with E-state index in [0.717, 1.165) is 12.0 Å². The maximum Gasteiger partial charge on any atom is 0.220 e. The maximum absolute atomic E-state index is 10.4. The summed E-state index contributed by atoms with van der Waals surface area (Å²) in [6.45, 7) is 1.53. The molecule has 0 radical (unpaired) electrons. The van der Waals surface area contributed by atoms with Gasteiger partial charge in [-0.15, -0.1) is 0 Å². The molecule has 12 nitrogen and oxygen atoms in total. The second-order valence-electron chi connectivity index (χ2n) is 7.35. The summed E-state index contributed by atoms with van der Waals surface area (Å²) in [5.41, 5.74) is 10.6. The highest BCUT2D eigenvalue weighted by Crippen LogP contribution is 2.33. The average Bonchev–Trinajstić information content (AvgIpc) is 3.30. The first kappa shape index (κ1) is 21.0. The van der Waals surface area contributed by atoms with E-state index in [1.807, 2.05) is 37.3 Å². The summed E-state index contributed by atoms with van der Waals surface area (Å²) in [6.07, 6.45) is -2.43. The molecule has 12 heteroatoms. The molecule has 4 N–H and O–H groups in total. The fourth-order valence-electron chi connectivity index (χ4n) is 3.64. The zero-order valence-corrected chi connectivity index (χ0v) is 16.6. The number of benzene rings is 1. The number of nitrogens with one attached hydrogen (secondary N) is 1. The van der Waals surface area contributed by atoms with Gasteiger partial charge < -0.3 is 25.4 Å². The van der Waals surface area contributed by atoms with Crippen molar-refractivity contribution in [3.05, 3.63) is 52.7 Å². The number of aromatic nitrogens is 4. The number of nitrogens with zero attached hydrogens (tertiary/aromatic N) is 7. The van der Waals surface area contributed by atoms with Crippen LogP contribution in [0.4, 0.5) is 11.8 Å². The topological polar surface area (TPSA) is 174 Å². The molecule has 1 aliphatic heterocycles. The van der Waals surface area contributed by atoms with Gasteiger partial charge in [-0.3, -0.25) is 4.57 Å². The first-order valence-electron chi connectivity index (χ1n) is 9.74. The highest BCUT2D eigenvalue weighted by Gasteiger charge is 2.44. The maximum atomic E-state index is 10.4. The molecule has 3 aromatic rings. The molecule has 1 unspecified atom stereocenters. The number of aliphatic hydroxyl groups is 3. The summed E-state index contributed by atoms with van der Waals surface area (Å²) < 4.78 is 7.00. The highest BCUT2D eigenvalue weighted by atomic mass is 16.6. The Hall–Kier alpha value is -3.28. The Balaban J connectivity index is 1.69. The van der Waals surface area contributed by atoms with Crippen LogP contribution >= 0.6 is 0 Å². The van der Waals surface area contributed by atoms with Crippen molar-refractivity contribution in [2.24, 2.45) is 5.11 Å². The van der Waals surface area contributed by atoms with Gasteiger partial charge in [0.15, 0.2) is 23.2 Å². The molecule has 0 amide bonds. The Labute approximate surface area is 176 Å². The van der Waals surface area contributed by atoms with Crippen LogP contribution < -0.4 is 5.32 Å². The van der Waals surface area contributed by atoms with E-state index in [1.165, 1.54) is 10.9 Å². The molecule has 4 rings (SSSR count). The second-order valence-corrected chi connectivity index (χ2v) is 7.35. The first-order chi connectivity index (χ1) is 15.0. The minimum absolute atomic E-state index is 0.0292. The van der Waals surface area contributed by atoms with E-state index in [4.69, 9.17) is 10.3 Å². The van der Waals surface area contributed by atoms with Crippen molar-refractivity contribution in [2.75, 3.05) is 11.9 Å². The summed E-state index contributed by atoms with van der Waals surface area (Å²) in [4.78, 5) is 15.6. The molecule has 0 aliphatic carbocycles. The molecule has 162 valence electrons. The standard InChI is InChI=1S/C19H22N8O4/c1-10(7-11-5-3-2-4-6-11)22-16-13-17(24-19(23-16)25-26-20)27(9-21-13)18-15(30)14(29)12(8-28)31-18/h2-6,9-10,12,14-15,18,28-30H,7-8H2,1H3,(H,22,23,24)/t10?,12-,14-,15-,18-/m1/s1. The molecule has 1 aromatic carbocycles. The lowest BCUT2D eigenvalue weighted by Gasteiger charge is -2.18. The second kappa shape index (κ2) is 8.84. The quantitative estimate of drug-likeness (QED) is 0.249. The van der Waals surface area contributed by atoms with Crippen LogP contribution in [-0.2, 0) is 11.2 Å². The van der Waals surface area contributed by atoms with Crippen molar-refractivity contribution in [1.82, 2.24) is 19.5 Å². The number of fused-ring (bicyclic) bond motifs is 1. The van der Waals surface area contributed by atoms with Gasteiger partial charge in [-0.1, -0.05) is 30.3 Å². The van der Waals surface area contributed by atoms with Crippen LogP contribution in [0.15, 0.2) is 41.8 Å². The minimum atomic E-state index is -1.30. The number of aliphatic hydroxyl groups excluding tert-OH is 3. The van der Waals surface area contributed by atoms with Gasteiger partial charge in [-0.05, 0) is 29.6 Å². The lowest BCUT2D eigenvalue weighted by molar-refractivity contribution is -0.0511. The molecule has 0 saturated carbocycles. The van der Waals surface area contributed by atoms with E-state index in [-0.39, 0.29) is 17.6 Å². The van der Waals surface area contributed by atoms with Crippen LogP contribution in [0.5, 0.6) is 0 Å². The van der Waals surface area contributed by atoms with E-state index < -0.39 is 31.1 Å². The lowest BCUT2D eigenvalue weighted by atomic mass is 10.1. The Bertz CT molecular complexity index is 1100. The molecule has 1 fully saturated rings. The third-order valence-electron chi connectivity index (χ3n) is 5.10. The van der Waals surface area contributed by atoms with Gasteiger partial charge in [-0.25, -0.2) is 15.0 Å². The van der Waals surface area contributed by atoms with Crippen molar-refractivity contribution in [3.63, 3.8) is 0 Å². The monoisotopic (exact) mass is 426 g/mol. The van der Waals surface area contributed by atoms with Crippen molar-refractivity contribution in [1.29, 1.82) is 0 Å². The molecule has 5 atom stereocenters. The van der Waals surface area contributed by atoms with Crippen molar-refractivity contribution >= 4 is 22.9 Å². The van der Waals surface area contributed by atoms with E-state index >= 15 is 0 Å². The molecule has 31 heavy (non-hydrogen) atoms. The summed E-state index contributed by atoms with van der Waals surface area (Å²) >= 11 is 0. The summed E-state index contributed by atoms with van der Waals surface area (Å²) in [5, 5.41) is 36.6. The molecule has 2 aromatic heterocycles. The number of imidazole rings is 1. The van der Waals surface area contributed by atoms with Crippen LogP contribution in [0.3, 0.4) is 0 Å². The number of hydrogen-bond acceptors (Lipinski definition) is 9. The molecule has 0 spiro atoms. The zero-order valence-electron chi connectivity index (χ0n) is 16.6. The lowest BCUT2D eigenvalue weighted by Crippen LogP contribution is -2.33. The molecule has 3 heterocycles. The Morgan fingerprint density at radius 1 is 1.26 bits per heavy atom. The molecule has 1 saturated heterocycles. The Morgan fingerprint density at radius 2 is 2.03 bits per heavy atom. The highest BCUT2D eigenvalue weighted by molar-refractivity contribution is 5.84. The first-order valence-corrected chi connectivity index (χ1v) is 9.74. The van der Waals surface area contributed by atoms with Crippen LogP contribution in [0, 0.1) is 0 Å². The summed E-state index contributed by atoms with van der Waals surface area (Å²) in [7, 11) is 0. The van der Waals surface area contributed by atoms with Gasteiger partial charge in [0, 0.05) is 11.0 Å². The third-order valence-corrected chi connectivity index (χ3v) is 5.10. The van der Waals surface area contributed by atoms with Crippen LogP contribution in [-0.4, -0.2) is 65.8 Å². The van der Waals surface area contributed by atoms with Gasteiger partial charge in [0.2, 0.25) is 5.95 Å². The van der Waals surface area contributed by atoms with Gasteiger partial charge in [0.05, 0.1) is 12.9 Å². The van der Waals surface area contributed by atoms with Gasteiger partial charge in [0.1, 0.15) is 18.3 Å². The molecular formula is C19H22N8O4. The van der Waals surface area contributed by atoms with Crippen molar-refractivity contribution in [3.8, 4) is 0 Å².